The van der Waals surface area contributed by atoms with Gasteiger partial charge in [0, 0.05) is 18.9 Å². The van der Waals surface area contributed by atoms with Gasteiger partial charge in [-0.15, -0.1) is 23.2 Å². The molecule has 0 aromatic carbocycles. The molecule has 0 unspecified atom stereocenters. The Hall–Kier alpha value is -0.670. The molecule has 1 aromatic heterocycles. The van der Waals surface area contributed by atoms with Crippen molar-refractivity contribution in [2.45, 2.75) is 43.5 Å². The third kappa shape index (κ3) is 3.21. The molecule has 0 spiro atoms. The van der Waals surface area contributed by atoms with Crippen LogP contribution < -0.4 is 0 Å². The standard InChI is InChI=1S/C13H17Cl2NO2/c1-12(3-5-13(14,15)6-4-12)9-16-7-2-10(8-16)11(17)18/h2,7-8H,3-6,9H2,1H3,(H,17,18). The molecule has 1 fully saturated rings. The second-order valence-corrected chi connectivity index (χ2v) is 7.18. The maximum absolute atomic E-state index is 10.8. The predicted octanol–water partition coefficient (Wildman–Crippen LogP) is 3.94. The van der Waals surface area contributed by atoms with Crippen molar-refractivity contribution in [2.75, 3.05) is 0 Å². The molecule has 0 amide bonds. The van der Waals surface area contributed by atoms with Gasteiger partial charge < -0.3 is 9.67 Å². The number of rotatable bonds is 3. The zero-order chi connectivity index (χ0) is 13.4. The first-order chi connectivity index (χ1) is 8.30. The topological polar surface area (TPSA) is 42.2 Å². The lowest BCUT2D eigenvalue weighted by atomic mass is 9.75. The monoisotopic (exact) mass is 289 g/mol. The Bertz CT molecular complexity index is 444. The largest absolute Gasteiger partial charge is 0.478 e. The number of hydrogen-bond acceptors (Lipinski definition) is 1. The van der Waals surface area contributed by atoms with E-state index in [1.54, 1.807) is 12.3 Å². The number of carboxylic acid groups (broad SMARTS) is 1. The normalized spacial score (nSPS) is 21.7. The summed E-state index contributed by atoms with van der Waals surface area (Å²) in [4.78, 5) is 10.8. The maximum Gasteiger partial charge on any atom is 0.337 e. The number of carboxylic acids is 1. The third-order valence-electron chi connectivity index (χ3n) is 3.75. The Morgan fingerprint density at radius 3 is 2.50 bits per heavy atom. The number of carbonyl (C=O) groups is 1. The molecule has 1 aliphatic carbocycles. The Morgan fingerprint density at radius 2 is 2.00 bits per heavy atom. The summed E-state index contributed by atoms with van der Waals surface area (Å²) in [6, 6.07) is 1.63. The molecule has 1 aromatic rings. The van der Waals surface area contributed by atoms with Crippen LogP contribution in [0.2, 0.25) is 0 Å². The van der Waals surface area contributed by atoms with Gasteiger partial charge in [-0.25, -0.2) is 4.79 Å². The van der Waals surface area contributed by atoms with Crippen LogP contribution in [-0.2, 0) is 6.54 Å². The summed E-state index contributed by atoms with van der Waals surface area (Å²) in [5.74, 6) is -0.886. The molecule has 0 aliphatic heterocycles. The summed E-state index contributed by atoms with van der Waals surface area (Å²) >= 11 is 12.3. The second-order valence-electron chi connectivity index (χ2n) is 5.54. The summed E-state index contributed by atoms with van der Waals surface area (Å²) in [7, 11) is 0. The fourth-order valence-electron chi connectivity index (χ4n) is 2.48. The van der Waals surface area contributed by atoms with Gasteiger partial charge in [0.05, 0.1) is 5.56 Å². The molecular formula is C13H17Cl2NO2. The van der Waals surface area contributed by atoms with Gasteiger partial charge in [-0.1, -0.05) is 6.92 Å². The molecule has 2 rings (SSSR count). The van der Waals surface area contributed by atoms with Gasteiger partial charge in [0.2, 0.25) is 0 Å². The second kappa shape index (κ2) is 4.78. The third-order valence-corrected chi connectivity index (χ3v) is 4.51. The van der Waals surface area contributed by atoms with Crippen LogP contribution in [0.1, 0.15) is 43.0 Å². The van der Waals surface area contributed by atoms with Crippen LogP contribution in [0.4, 0.5) is 0 Å². The Balaban J connectivity index is 2.02. The molecule has 0 radical (unpaired) electrons. The van der Waals surface area contributed by atoms with Crippen molar-refractivity contribution in [3.8, 4) is 0 Å². The first-order valence-corrected chi connectivity index (χ1v) is 6.82. The summed E-state index contributed by atoms with van der Waals surface area (Å²) in [5, 5.41) is 8.89. The van der Waals surface area contributed by atoms with Crippen LogP contribution in [-0.4, -0.2) is 20.0 Å². The van der Waals surface area contributed by atoms with Gasteiger partial charge >= 0.3 is 5.97 Å². The van der Waals surface area contributed by atoms with Crippen molar-refractivity contribution < 1.29 is 9.90 Å². The van der Waals surface area contributed by atoms with Crippen LogP contribution >= 0.6 is 23.2 Å². The lowest BCUT2D eigenvalue weighted by Gasteiger charge is -2.39. The van der Waals surface area contributed by atoms with Crippen molar-refractivity contribution in [2.24, 2.45) is 5.41 Å². The highest BCUT2D eigenvalue weighted by Crippen LogP contribution is 2.46. The highest BCUT2D eigenvalue weighted by atomic mass is 35.5. The summed E-state index contributed by atoms with van der Waals surface area (Å²) < 4.78 is 1.36. The van der Waals surface area contributed by atoms with E-state index in [4.69, 9.17) is 28.3 Å². The van der Waals surface area contributed by atoms with E-state index in [0.717, 1.165) is 32.2 Å². The number of alkyl halides is 2. The average molecular weight is 290 g/mol. The van der Waals surface area contributed by atoms with E-state index in [1.807, 2.05) is 10.8 Å². The molecule has 0 atom stereocenters. The van der Waals surface area contributed by atoms with Gasteiger partial charge in [0.1, 0.15) is 4.33 Å². The van der Waals surface area contributed by atoms with Crippen LogP contribution in [0.3, 0.4) is 0 Å². The minimum absolute atomic E-state index is 0.141. The van der Waals surface area contributed by atoms with Gasteiger partial charge in [0.25, 0.3) is 0 Å². The molecule has 100 valence electrons. The number of halogens is 2. The zero-order valence-corrected chi connectivity index (χ0v) is 11.8. The molecule has 1 N–H and O–H groups in total. The molecule has 0 saturated heterocycles. The van der Waals surface area contributed by atoms with E-state index < -0.39 is 10.3 Å². The van der Waals surface area contributed by atoms with Gasteiger partial charge in [-0.3, -0.25) is 0 Å². The molecule has 1 aliphatic rings. The summed E-state index contributed by atoms with van der Waals surface area (Å²) in [5.41, 5.74) is 0.473. The van der Waals surface area contributed by atoms with E-state index >= 15 is 0 Å². The molecule has 1 saturated carbocycles. The van der Waals surface area contributed by atoms with Crippen molar-refractivity contribution in [3.05, 3.63) is 24.0 Å². The lowest BCUT2D eigenvalue weighted by Crippen LogP contribution is -2.32. The first-order valence-electron chi connectivity index (χ1n) is 6.07. The molecule has 3 nitrogen and oxygen atoms in total. The molecule has 5 heteroatoms. The Kier molecular flexibility index (Phi) is 3.65. The van der Waals surface area contributed by atoms with E-state index in [2.05, 4.69) is 6.92 Å². The van der Waals surface area contributed by atoms with Gasteiger partial charge in [-0.2, -0.15) is 0 Å². The average Bonchev–Trinajstić information content (AvgIpc) is 2.72. The van der Waals surface area contributed by atoms with Gasteiger partial charge in [-0.05, 0) is 37.2 Å². The Morgan fingerprint density at radius 1 is 1.39 bits per heavy atom. The first kappa shape index (κ1) is 13.8. The SMILES string of the molecule is CC1(Cn2ccc(C(=O)O)c2)CCC(Cl)(Cl)CC1. The number of nitrogens with zero attached hydrogens (tertiary/aromatic N) is 1. The minimum Gasteiger partial charge on any atom is -0.478 e. The fraction of sp³-hybridized carbons (Fsp3) is 0.615. The Labute approximate surface area is 117 Å². The number of hydrogen-bond donors (Lipinski definition) is 1. The van der Waals surface area contributed by atoms with E-state index in [-0.39, 0.29) is 5.41 Å². The van der Waals surface area contributed by atoms with Crippen LogP contribution in [0.5, 0.6) is 0 Å². The highest BCUT2D eigenvalue weighted by Gasteiger charge is 2.37. The molecule has 18 heavy (non-hydrogen) atoms. The van der Waals surface area contributed by atoms with E-state index in [0.29, 0.717) is 5.56 Å². The van der Waals surface area contributed by atoms with Crippen molar-refractivity contribution >= 4 is 29.2 Å². The molecule has 1 heterocycles. The highest BCUT2D eigenvalue weighted by molar-refractivity contribution is 6.48. The smallest absolute Gasteiger partial charge is 0.337 e. The van der Waals surface area contributed by atoms with Crippen LogP contribution in [0.25, 0.3) is 0 Å². The maximum atomic E-state index is 10.8. The van der Waals surface area contributed by atoms with E-state index in [9.17, 15) is 4.79 Å². The predicted molar refractivity (Wildman–Crippen MR) is 72.4 cm³/mol. The number of aromatic nitrogens is 1. The summed E-state index contributed by atoms with van der Waals surface area (Å²) in [6.45, 7) is 3.01. The van der Waals surface area contributed by atoms with Gasteiger partial charge in [0.15, 0.2) is 0 Å². The number of aromatic carboxylic acids is 1. The van der Waals surface area contributed by atoms with Crippen LogP contribution in [0, 0.1) is 5.41 Å². The fourth-order valence-corrected chi connectivity index (χ4v) is 2.86. The molecular weight excluding hydrogens is 273 g/mol. The lowest BCUT2D eigenvalue weighted by molar-refractivity contribution is 0.0696. The zero-order valence-electron chi connectivity index (χ0n) is 10.3. The van der Waals surface area contributed by atoms with E-state index in [1.165, 1.54) is 0 Å². The van der Waals surface area contributed by atoms with Crippen molar-refractivity contribution in [1.29, 1.82) is 0 Å². The summed E-state index contributed by atoms with van der Waals surface area (Å²) in [6.07, 6.45) is 7.00. The van der Waals surface area contributed by atoms with Crippen molar-refractivity contribution in [1.82, 2.24) is 4.57 Å². The molecule has 0 bridgehead atoms. The van der Waals surface area contributed by atoms with Crippen molar-refractivity contribution in [3.63, 3.8) is 0 Å². The van der Waals surface area contributed by atoms with Crippen LogP contribution in [0.15, 0.2) is 18.5 Å². The quantitative estimate of drug-likeness (QED) is 0.857. The minimum atomic E-state index is -0.886.